The number of hydrogen-bond acceptors (Lipinski definition) is 3. The van der Waals surface area contributed by atoms with E-state index in [9.17, 15) is 9.59 Å². The fourth-order valence-corrected chi connectivity index (χ4v) is 2.55. The Morgan fingerprint density at radius 2 is 2.19 bits per heavy atom. The summed E-state index contributed by atoms with van der Waals surface area (Å²) in [5, 5.41) is 4.35. The summed E-state index contributed by atoms with van der Waals surface area (Å²) in [6, 6.07) is 7.36. The maximum absolute atomic E-state index is 12.6. The molecule has 0 atom stereocenters. The Bertz CT molecular complexity index is 725. The van der Waals surface area contributed by atoms with Crippen LogP contribution in [0.5, 0.6) is 0 Å². The van der Waals surface area contributed by atoms with E-state index >= 15 is 0 Å². The second-order valence-corrected chi connectivity index (χ2v) is 4.98. The highest BCUT2D eigenvalue weighted by atomic mass is 35.5. The third kappa shape index (κ3) is 3.19. The SMILES string of the molecule is CCc1cc2cccc(Cl)c2c(=O)n1CCNC(=O)OC. The summed E-state index contributed by atoms with van der Waals surface area (Å²) in [6.07, 6.45) is 0.204. The number of fused-ring (bicyclic) bond motifs is 1. The maximum Gasteiger partial charge on any atom is 0.406 e. The summed E-state index contributed by atoms with van der Waals surface area (Å²) in [7, 11) is 1.30. The maximum atomic E-state index is 12.6. The van der Waals surface area contributed by atoms with E-state index in [1.807, 2.05) is 25.1 Å². The summed E-state index contributed by atoms with van der Waals surface area (Å²) in [4.78, 5) is 23.7. The zero-order chi connectivity index (χ0) is 15.4. The molecule has 0 bridgehead atoms. The zero-order valence-corrected chi connectivity index (χ0v) is 12.7. The van der Waals surface area contributed by atoms with Gasteiger partial charge in [-0.05, 0) is 23.9 Å². The van der Waals surface area contributed by atoms with Crippen molar-refractivity contribution in [2.75, 3.05) is 13.7 Å². The molecule has 112 valence electrons. The first kappa shape index (κ1) is 15.4. The third-order valence-corrected chi connectivity index (χ3v) is 3.64. The van der Waals surface area contributed by atoms with Gasteiger partial charge in [0.1, 0.15) is 0 Å². The van der Waals surface area contributed by atoms with Crippen molar-refractivity contribution in [3.05, 3.63) is 45.3 Å². The van der Waals surface area contributed by atoms with Gasteiger partial charge in [-0.2, -0.15) is 0 Å². The molecule has 1 amide bonds. The van der Waals surface area contributed by atoms with E-state index in [0.29, 0.717) is 23.5 Å². The number of ether oxygens (including phenoxy) is 1. The number of pyridine rings is 1. The first-order valence-electron chi connectivity index (χ1n) is 6.71. The predicted octanol–water partition coefficient (Wildman–Crippen LogP) is 2.57. The van der Waals surface area contributed by atoms with Gasteiger partial charge in [-0.15, -0.1) is 0 Å². The molecular formula is C15H17ClN2O3. The Morgan fingerprint density at radius 3 is 2.86 bits per heavy atom. The highest BCUT2D eigenvalue weighted by Crippen LogP contribution is 2.21. The van der Waals surface area contributed by atoms with Crippen LogP contribution < -0.4 is 10.9 Å². The summed E-state index contributed by atoms with van der Waals surface area (Å²) in [5.41, 5.74) is 0.767. The lowest BCUT2D eigenvalue weighted by molar-refractivity contribution is 0.170. The van der Waals surface area contributed by atoms with Crippen molar-refractivity contribution in [2.45, 2.75) is 19.9 Å². The minimum Gasteiger partial charge on any atom is -0.453 e. The van der Waals surface area contributed by atoms with E-state index in [0.717, 1.165) is 17.5 Å². The number of nitrogens with one attached hydrogen (secondary N) is 1. The average Bonchev–Trinajstić information content (AvgIpc) is 2.48. The highest BCUT2D eigenvalue weighted by molar-refractivity contribution is 6.35. The molecule has 2 aromatic rings. The van der Waals surface area contributed by atoms with Gasteiger partial charge in [0.25, 0.3) is 5.56 Å². The molecule has 6 heteroatoms. The van der Waals surface area contributed by atoms with Gasteiger partial charge in [0.15, 0.2) is 0 Å². The van der Waals surface area contributed by atoms with Crippen LogP contribution in [0.15, 0.2) is 29.1 Å². The van der Waals surface area contributed by atoms with E-state index in [2.05, 4.69) is 10.1 Å². The molecule has 1 heterocycles. The largest absolute Gasteiger partial charge is 0.453 e. The number of nitrogens with zero attached hydrogens (tertiary/aromatic N) is 1. The zero-order valence-electron chi connectivity index (χ0n) is 12.0. The normalized spacial score (nSPS) is 10.6. The van der Waals surface area contributed by atoms with Gasteiger partial charge >= 0.3 is 6.09 Å². The molecule has 5 nitrogen and oxygen atoms in total. The number of hydrogen-bond donors (Lipinski definition) is 1. The number of carbonyl (C=O) groups is 1. The molecule has 0 aliphatic heterocycles. The quantitative estimate of drug-likeness (QED) is 0.944. The Labute approximate surface area is 127 Å². The van der Waals surface area contributed by atoms with E-state index in [1.165, 1.54) is 7.11 Å². The number of aryl methyl sites for hydroxylation is 1. The Balaban J connectivity index is 2.42. The van der Waals surface area contributed by atoms with Crippen molar-refractivity contribution in [3.63, 3.8) is 0 Å². The van der Waals surface area contributed by atoms with E-state index in [4.69, 9.17) is 11.6 Å². The van der Waals surface area contributed by atoms with Gasteiger partial charge in [-0.25, -0.2) is 4.79 Å². The van der Waals surface area contributed by atoms with Crippen LogP contribution in [0.25, 0.3) is 10.8 Å². The standard InChI is InChI=1S/C15H17ClN2O3/c1-3-11-9-10-5-4-6-12(16)13(10)14(19)18(11)8-7-17-15(20)21-2/h4-6,9H,3,7-8H2,1-2H3,(H,17,20). The van der Waals surface area contributed by atoms with Crippen LogP contribution in [0.3, 0.4) is 0 Å². The molecule has 21 heavy (non-hydrogen) atoms. The molecule has 0 radical (unpaired) electrons. The minimum absolute atomic E-state index is 0.137. The van der Waals surface area contributed by atoms with Crippen LogP contribution in [-0.2, 0) is 17.7 Å². The summed E-state index contributed by atoms with van der Waals surface area (Å²) < 4.78 is 6.15. The third-order valence-electron chi connectivity index (χ3n) is 3.33. The lowest BCUT2D eigenvalue weighted by Crippen LogP contribution is -2.32. The number of aromatic nitrogens is 1. The van der Waals surface area contributed by atoms with E-state index in [-0.39, 0.29) is 5.56 Å². The first-order chi connectivity index (χ1) is 10.1. The molecular weight excluding hydrogens is 292 g/mol. The lowest BCUT2D eigenvalue weighted by atomic mass is 10.1. The van der Waals surface area contributed by atoms with Crippen molar-refractivity contribution in [1.29, 1.82) is 0 Å². The molecule has 0 unspecified atom stereocenters. The van der Waals surface area contributed by atoms with E-state index < -0.39 is 6.09 Å². The van der Waals surface area contributed by atoms with Gasteiger partial charge < -0.3 is 14.6 Å². The molecule has 0 spiro atoms. The molecule has 0 fully saturated rings. The fraction of sp³-hybridized carbons (Fsp3) is 0.333. The summed E-state index contributed by atoms with van der Waals surface area (Å²) in [5.74, 6) is 0. The molecule has 0 aliphatic carbocycles. The number of halogens is 1. The van der Waals surface area contributed by atoms with Crippen LogP contribution in [0.4, 0.5) is 4.79 Å². The second-order valence-electron chi connectivity index (χ2n) is 4.57. The van der Waals surface area contributed by atoms with Gasteiger partial charge in [-0.1, -0.05) is 30.7 Å². The molecule has 0 saturated carbocycles. The topological polar surface area (TPSA) is 60.3 Å². The average molecular weight is 309 g/mol. The van der Waals surface area contributed by atoms with Gasteiger partial charge in [0.2, 0.25) is 0 Å². The monoisotopic (exact) mass is 308 g/mol. The number of benzene rings is 1. The molecule has 0 aliphatic rings. The molecule has 0 saturated heterocycles. The Hall–Kier alpha value is -2.01. The Kier molecular flexibility index (Phi) is 4.85. The smallest absolute Gasteiger partial charge is 0.406 e. The molecule has 1 aromatic heterocycles. The van der Waals surface area contributed by atoms with Crippen molar-refractivity contribution in [3.8, 4) is 0 Å². The number of carbonyl (C=O) groups excluding carboxylic acids is 1. The highest BCUT2D eigenvalue weighted by Gasteiger charge is 2.11. The molecule has 2 rings (SSSR count). The van der Waals surface area contributed by atoms with Gasteiger partial charge in [0, 0.05) is 18.8 Å². The molecule has 1 N–H and O–H groups in total. The van der Waals surface area contributed by atoms with Crippen LogP contribution in [0.1, 0.15) is 12.6 Å². The summed E-state index contributed by atoms with van der Waals surface area (Å²) in [6.45, 7) is 2.67. The van der Waals surface area contributed by atoms with Crippen molar-refractivity contribution < 1.29 is 9.53 Å². The summed E-state index contributed by atoms with van der Waals surface area (Å²) >= 11 is 6.13. The minimum atomic E-state index is -0.514. The lowest BCUT2D eigenvalue weighted by Gasteiger charge is -2.14. The number of rotatable bonds is 4. The van der Waals surface area contributed by atoms with Crippen LogP contribution >= 0.6 is 11.6 Å². The predicted molar refractivity (Wildman–Crippen MR) is 83.0 cm³/mol. The van der Waals surface area contributed by atoms with Crippen molar-refractivity contribution in [1.82, 2.24) is 9.88 Å². The van der Waals surface area contributed by atoms with Gasteiger partial charge in [-0.3, -0.25) is 4.79 Å². The first-order valence-corrected chi connectivity index (χ1v) is 7.09. The van der Waals surface area contributed by atoms with E-state index in [1.54, 1.807) is 10.6 Å². The van der Waals surface area contributed by atoms with Gasteiger partial charge in [0.05, 0.1) is 17.5 Å². The number of alkyl carbamates (subject to hydrolysis) is 1. The molecule has 1 aromatic carbocycles. The van der Waals surface area contributed by atoms with Crippen molar-refractivity contribution >= 4 is 28.5 Å². The Morgan fingerprint density at radius 1 is 1.43 bits per heavy atom. The van der Waals surface area contributed by atoms with Crippen LogP contribution in [0, 0.1) is 0 Å². The van der Waals surface area contributed by atoms with Crippen molar-refractivity contribution in [2.24, 2.45) is 0 Å². The second kappa shape index (κ2) is 6.63. The number of amides is 1. The number of methoxy groups -OCH3 is 1. The van der Waals surface area contributed by atoms with Crippen LogP contribution in [-0.4, -0.2) is 24.3 Å². The fourth-order valence-electron chi connectivity index (χ4n) is 2.29. The van der Waals surface area contributed by atoms with Crippen LogP contribution in [0.2, 0.25) is 5.02 Å².